The second-order valence-electron chi connectivity index (χ2n) is 19.1. The average Bonchev–Trinajstić information content (AvgIpc) is 4.14. The maximum absolute atomic E-state index is 11.4. The van der Waals surface area contributed by atoms with Gasteiger partial charge in [0.25, 0.3) is 0 Å². The topological polar surface area (TPSA) is 273 Å². The van der Waals surface area contributed by atoms with E-state index in [0.717, 1.165) is 58.9 Å². The van der Waals surface area contributed by atoms with E-state index in [9.17, 15) is 38.4 Å². The monoisotopic (exact) mass is 1270 g/mol. The number of hydrogen-bond acceptors (Lipinski definition) is 20. The fraction of sp³-hybridized carbons (Fsp3) is 0.867. The molecule has 3 saturated heterocycles. The Labute approximate surface area is 529 Å². The Balaban J connectivity index is -0.000000299. The number of methoxy groups -OCH3 is 8. The third kappa shape index (κ3) is 55.4. The lowest BCUT2D eigenvalue weighted by Gasteiger charge is -2.26. The van der Waals surface area contributed by atoms with E-state index >= 15 is 0 Å². The van der Waals surface area contributed by atoms with E-state index in [-0.39, 0.29) is 47.3 Å². The van der Waals surface area contributed by atoms with Crippen molar-refractivity contribution in [1.82, 2.24) is 39.7 Å². The second kappa shape index (κ2) is 68.2. The Morgan fingerprint density at radius 1 is 0.352 bits per heavy atom. The van der Waals surface area contributed by atoms with Crippen LogP contribution in [-0.2, 0) is 95.5 Å². The third-order valence-electron chi connectivity index (χ3n) is 12.8. The van der Waals surface area contributed by atoms with Crippen LogP contribution < -0.4 is 0 Å². The van der Waals surface area contributed by atoms with Gasteiger partial charge in [-0.1, -0.05) is 0 Å². The number of ether oxygens (including phenoxy) is 9. The second-order valence-corrected chi connectivity index (χ2v) is 19.1. The van der Waals surface area contributed by atoms with Crippen LogP contribution in [0.15, 0.2) is 0 Å². The van der Waals surface area contributed by atoms with Crippen LogP contribution in [0.2, 0.25) is 0 Å². The first-order valence-electron chi connectivity index (χ1n) is 30.6. The predicted molar refractivity (Wildman–Crippen MR) is 335 cm³/mol. The van der Waals surface area contributed by atoms with E-state index in [0.29, 0.717) is 131 Å². The number of likely N-dealkylation sites (tertiary alicyclic amines) is 2. The van der Waals surface area contributed by atoms with Crippen LogP contribution in [0.3, 0.4) is 0 Å². The molecule has 3 rings (SSSR count). The number of rotatable bonds is 32. The summed E-state index contributed by atoms with van der Waals surface area (Å²) in [7, 11) is 20.6. The van der Waals surface area contributed by atoms with Gasteiger partial charge < -0.3 is 67.1 Å². The van der Waals surface area contributed by atoms with Gasteiger partial charge in [-0.3, -0.25) is 52.9 Å². The summed E-state index contributed by atoms with van der Waals surface area (Å²) in [5, 5.41) is 3.72. The summed E-state index contributed by atoms with van der Waals surface area (Å²) in [5.74, 6) is 0.789. The Hall–Kier alpha value is -4.72. The summed E-state index contributed by atoms with van der Waals surface area (Å²) < 4.78 is 43.4. The fourth-order valence-electron chi connectivity index (χ4n) is 7.23. The molecule has 28 nitrogen and oxygen atoms in total. The number of piperidine rings is 1. The molecule has 0 aromatic heterocycles. The number of carbonyl (C=O) groups is 8. The first kappa shape index (κ1) is 92.0. The number of amides is 8. The van der Waals surface area contributed by atoms with Crippen molar-refractivity contribution in [1.29, 1.82) is 0 Å². The molecule has 0 aliphatic carbocycles. The molecule has 0 saturated carbocycles. The molecule has 0 atom stereocenters. The van der Waals surface area contributed by atoms with Gasteiger partial charge in [-0.05, 0) is 66.7 Å². The van der Waals surface area contributed by atoms with Gasteiger partial charge in [0, 0.05) is 143 Å². The summed E-state index contributed by atoms with van der Waals surface area (Å²) in [6.45, 7) is 23.6. The highest BCUT2D eigenvalue weighted by molar-refractivity contribution is 5.78. The number of nitrogens with zero attached hydrogens (tertiary/aromatic N) is 8. The normalized spacial score (nSPS) is 12.9. The van der Waals surface area contributed by atoms with Gasteiger partial charge in [-0.2, -0.15) is 0 Å². The van der Waals surface area contributed by atoms with E-state index < -0.39 is 0 Å². The minimum atomic E-state index is -0.0793. The van der Waals surface area contributed by atoms with Crippen molar-refractivity contribution in [3.05, 3.63) is 0 Å². The molecular formula is C60H122N8O20. The first-order chi connectivity index (χ1) is 42.2. The molecule has 3 aliphatic rings. The van der Waals surface area contributed by atoms with Crippen molar-refractivity contribution in [2.75, 3.05) is 230 Å². The zero-order valence-electron chi connectivity index (χ0n) is 57.8. The number of hydrogen-bond donors (Lipinski definition) is 0. The van der Waals surface area contributed by atoms with Crippen LogP contribution in [0.25, 0.3) is 0 Å². The smallest absolute Gasteiger partial charge is 0.248 e. The SMILES string of the molecule is CCN(C)C(=O)CCOC.CCN(CC)C(=O)CCOC.CCN(OC)C(=O)CCOC.CCON(C)C(=O)CCOC.COCCC(=O)N(C)OC.COCCC(=O)N1CCCC1.COCCC(=O)N1CCCCC1.COCCC(=O)N1CCOCC1. The van der Waals surface area contributed by atoms with Gasteiger partial charge in [0.15, 0.2) is 0 Å². The van der Waals surface area contributed by atoms with Crippen molar-refractivity contribution in [3.8, 4) is 0 Å². The molecule has 3 aliphatic heterocycles. The van der Waals surface area contributed by atoms with Gasteiger partial charge in [0.1, 0.15) is 0 Å². The average molecular weight is 1280 g/mol. The standard InChI is InChI=1S/C9H17NO2.C8H15NO3.C8H15NO2.C8H17NO2.2C7H15NO3.C7H15NO2.C6H13NO3/c1-12-8-5-9(11)10-6-3-2-4-7-10;1-11-5-2-8(10)9-3-6-12-7-4-9;1-11-7-4-8(10)9-5-2-3-6-9;1-4-9(5-2)8(10)6-7-11-3;1-4-8(11-3)7(9)5-6-10-2;1-4-11-8(2)7(9)5-6-10-3;1-4-8(2)7(9)5-6-10-3;1-7(10-3)6(8)4-5-9-2/h2-8H2,1H3;2-7H2,1H3;2-7H2,1H3;4-7H2,1-3H3;2*4-6H2,1-3H3;4-6H2,1-3H3;4-5H2,1-3H3. The number of morpholine rings is 1. The van der Waals surface area contributed by atoms with Gasteiger partial charge >= 0.3 is 0 Å². The zero-order chi connectivity index (χ0) is 67.8. The largest absolute Gasteiger partial charge is 0.384 e. The number of hydroxylamine groups is 6. The summed E-state index contributed by atoms with van der Waals surface area (Å²) in [5.41, 5.74) is 0. The van der Waals surface area contributed by atoms with Crippen LogP contribution in [-0.4, -0.2) is 317 Å². The van der Waals surface area contributed by atoms with E-state index in [1.54, 1.807) is 87.8 Å². The van der Waals surface area contributed by atoms with Crippen LogP contribution in [0.1, 0.15) is 118 Å². The Bertz CT molecular complexity index is 1560. The van der Waals surface area contributed by atoms with Crippen LogP contribution in [0.5, 0.6) is 0 Å². The molecule has 0 aromatic carbocycles. The van der Waals surface area contributed by atoms with Crippen LogP contribution >= 0.6 is 0 Å². The van der Waals surface area contributed by atoms with E-state index in [1.807, 2.05) is 49.3 Å². The van der Waals surface area contributed by atoms with E-state index in [2.05, 4.69) is 4.84 Å². The predicted octanol–water partition coefficient (Wildman–Crippen LogP) is 3.86. The van der Waals surface area contributed by atoms with Crippen molar-refractivity contribution >= 4 is 47.3 Å². The van der Waals surface area contributed by atoms with Crippen molar-refractivity contribution < 1.29 is 95.5 Å². The molecule has 28 heteroatoms. The molecule has 0 N–H and O–H groups in total. The van der Waals surface area contributed by atoms with Crippen molar-refractivity contribution in [2.24, 2.45) is 0 Å². The molecule has 0 radical (unpaired) electrons. The zero-order valence-corrected chi connectivity index (χ0v) is 57.8. The molecule has 0 aromatic rings. The molecule has 522 valence electrons. The molecule has 0 unspecified atom stereocenters. The highest BCUT2D eigenvalue weighted by atomic mass is 16.7. The Morgan fingerprint density at radius 3 is 0.989 bits per heavy atom. The minimum absolute atomic E-state index is 0.0446. The molecule has 3 heterocycles. The highest BCUT2D eigenvalue weighted by Crippen LogP contribution is 2.10. The van der Waals surface area contributed by atoms with Crippen molar-refractivity contribution in [2.45, 2.75) is 118 Å². The van der Waals surface area contributed by atoms with Crippen molar-refractivity contribution in [3.63, 3.8) is 0 Å². The van der Waals surface area contributed by atoms with Gasteiger partial charge in [0.05, 0.1) is 138 Å². The fourth-order valence-corrected chi connectivity index (χ4v) is 7.23. The Morgan fingerprint density at radius 2 is 0.670 bits per heavy atom. The number of carbonyl (C=O) groups excluding carboxylic acids is 8. The van der Waals surface area contributed by atoms with Gasteiger partial charge in [0.2, 0.25) is 47.3 Å². The molecular weight excluding hydrogens is 1150 g/mol. The first-order valence-corrected chi connectivity index (χ1v) is 30.6. The molecule has 3 fully saturated rings. The van der Waals surface area contributed by atoms with E-state index in [1.165, 1.54) is 61.5 Å². The lowest BCUT2D eigenvalue weighted by atomic mass is 10.1. The minimum Gasteiger partial charge on any atom is -0.384 e. The molecule has 88 heavy (non-hydrogen) atoms. The summed E-state index contributed by atoms with van der Waals surface area (Å²) in [6, 6.07) is 0. The summed E-state index contributed by atoms with van der Waals surface area (Å²) in [6.07, 6.45) is 9.58. The maximum atomic E-state index is 11.4. The van der Waals surface area contributed by atoms with Gasteiger partial charge in [-0.15, -0.1) is 0 Å². The molecule has 8 amide bonds. The molecule has 0 spiro atoms. The lowest BCUT2D eigenvalue weighted by molar-refractivity contribution is -0.177. The third-order valence-corrected chi connectivity index (χ3v) is 12.8. The quantitative estimate of drug-likeness (QED) is 0.0865. The Kier molecular flexibility index (Phi) is 71.3. The van der Waals surface area contributed by atoms with Gasteiger partial charge in [-0.25, -0.2) is 15.2 Å². The summed E-state index contributed by atoms with van der Waals surface area (Å²) in [4.78, 5) is 113. The van der Waals surface area contributed by atoms with Crippen LogP contribution in [0.4, 0.5) is 0 Å². The highest BCUT2D eigenvalue weighted by Gasteiger charge is 2.19. The maximum Gasteiger partial charge on any atom is 0.248 e. The summed E-state index contributed by atoms with van der Waals surface area (Å²) >= 11 is 0. The lowest BCUT2D eigenvalue weighted by Crippen LogP contribution is -2.40. The van der Waals surface area contributed by atoms with E-state index in [4.69, 9.17) is 52.3 Å². The molecule has 0 bridgehead atoms. The van der Waals surface area contributed by atoms with Crippen LogP contribution in [0, 0.1) is 0 Å².